The monoisotopic (exact) mass is 430 g/mol. The Labute approximate surface area is 181 Å². The van der Waals surface area contributed by atoms with Gasteiger partial charge >= 0.3 is 5.97 Å². The molecule has 2 aromatic rings. The Hall–Kier alpha value is -2.22. The Morgan fingerprint density at radius 3 is 2.43 bits per heavy atom. The van der Waals surface area contributed by atoms with Crippen LogP contribution in [0.25, 0.3) is 10.2 Å². The molecule has 0 aromatic carbocycles. The van der Waals surface area contributed by atoms with Crippen molar-refractivity contribution in [3.63, 3.8) is 0 Å². The summed E-state index contributed by atoms with van der Waals surface area (Å²) in [6.07, 6.45) is 4.93. The van der Waals surface area contributed by atoms with E-state index in [4.69, 9.17) is 9.72 Å². The number of nitrogens with zero attached hydrogens (tertiary/aromatic N) is 4. The van der Waals surface area contributed by atoms with Crippen LogP contribution in [-0.2, 0) is 9.53 Å². The average molecular weight is 431 g/mol. The van der Waals surface area contributed by atoms with Crippen LogP contribution in [0.15, 0.2) is 0 Å². The number of likely N-dealkylation sites (tertiary alicyclic amines) is 1. The van der Waals surface area contributed by atoms with Crippen LogP contribution in [-0.4, -0.2) is 59.5 Å². The highest BCUT2D eigenvalue weighted by Gasteiger charge is 2.31. The van der Waals surface area contributed by atoms with Gasteiger partial charge in [0.2, 0.25) is 0 Å². The zero-order chi connectivity index (χ0) is 21.3. The summed E-state index contributed by atoms with van der Waals surface area (Å²) in [6.45, 7) is 9.34. The Morgan fingerprint density at radius 2 is 1.77 bits per heavy atom. The standard InChI is InChI=1S/C22H30N4O3S/c1-4-29-22(28)16-8-12-26(13-9-16)21(27)18-14(2)17-19(25-10-6-5-7-11-25)23-15(3)24-20(17)30-18/h16H,4-13H2,1-3H3. The van der Waals surface area contributed by atoms with Gasteiger partial charge in [-0.3, -0.25) is 9.59 Å². The normalized spacial score (nSPS) is 18.1. The zero-order valence-electron chi connectivity index (χ0n) is 18.1. The van der Waals surface area contributed by atoms with E-state index in [0.29, 0.717) is 32.5 Å². The molecular weight excluding hydrogens is 400 g/mol. The third-order valence-corrected chi connectivity index (χ3v) is 7.31. The maximum atomic E-state index is 13.3. The lowest BCUT2D eigenvalue weighted by atomic mass is 9.97. The molecule has 4 rings (SSSR count). The van der Waals surface area contributed by atoms with Crippen molar-refractivity contribution in [2.45, 2.75) is 52.9 Å². The van der Waals surface area contributed by atoms with Crippen molar-refractivity contribution in [3.05, 3.63) is 16.3 Å². The number of esters is 1. The first-order valence-corrected chi connectivity index (χ1v) is 11.8. The maximum absolute atomic E-state index is 13.3. The van der Waals surface area contributed by atoms with Gasteiger partial charge in [0.15, 0.2) is 0 Å². The summed E-state index contributed by atoms with van der Waals surface area (Å²) in [5, 5.41) is 1.03. The zero-order valence-corrected chi connectivity index (χ0v) is 18.9. The fourth-order valence-corrected chi connectivity index (χ4v) is 5.67. The first-order valence-electron chi connectivity index (χ1n) is 11.0. The Bertz CT molecular complexity index is 943. The molecule has 0 unspecified atom stereocenters. The van der Waals surface area contributed by atoms with Crippen LogP contribution in [0.3, 0.4) is 0 Å². The summed E-state index contributed by atoms with van der Waals surface area (Å²) in [7, 11) is 0. The highest BCUT2D eigenvalue weighted by molar-refractivity contribution is 7.20. The second-order valence-electron chi connectivity index (χ2n) is 8.20. The number of hydrogen-bond acceptors (Lipinski definition) is 7. The lowest BCUT2D eigenvalue weighted by molar-refractivity contribution is -0.149. The van der Waals surface area contributed by atoms with E-state index in [2.05, 4.69) is 9.88 Å². The summed E-state index contributed by atoms with van der Waals surface area (Å²) >= 11 is 1.47. The van der Waals surface area contributed by atoms with Crippen LogP contribution in [0.5, 0.6) is 0 Å². The third-order valence-electron chi connectivity index (χ3n) is 6.13. The first-order chi connectivity index (χ1) is 14.5. The lowest BCUT2D eigenvalue weighted by Crippen LogP contribution is -2.40. The van der Waals surface area contributed by atoms with E-state index in [0.717, 1.165) is 45.4 Å². The first kappa shape index (κ1) is 21.0. The molecule has 2 fully saturated rings. The summed E-state index contributed by atoms with van der Waals surface area (Å²) in [5.41, 5.74) is 0.980. The van der Waals surface area contributed by atoms with E-state index in [1.54, 1.807) is 0 Å². The van der Waals surface area contributed by atoms with E-state index in [1.807, 2.05) is 25.7 Å². The molecule has 2 aromatic heterocycles. The Balaban J connectivity index is 1.58. The Kier molecular flexibility index (Phi) is 6.22. The fourth-order valence-electron chi connectivity index (χ4n) is 4.48. The second-order valence-corrected chi connectivity index (χ2v) is 9.20. The number of ether oxygens (including phenoxy) is 1. The van der Waals surface area contributed by atoms with Gasteiger partial charge in [-0.05, 0) is 58.4 Å². The smallest absolute Gasteiger partial charge is 0.309 e. The largest absolute Gasteiger partial charge is 0.466 e. The molecule has 0 atom stereocenters. The lowest BCUT2D eigenvalue weighted by Gasteiger charge is -2.30. The highest BCUT2D eigenvalue weighted by Crippen LogP contribution is 2.37. The molecule has 0 spiro atoms. The molecule has 2 saturated heterocycles. The SMILES string of the molecule is CCOC(=O)C1CCN(C(=O)c2sc3nc(C)nc(N4CCCCC4)c3c2C)CC1. The van der Waals surface area contributed by atoms with Gasteiger partial charge in [0.1, 0.15) is 16.5 Å². The minimum Gasteiger partial charge on any atom is -0.466 e. The van der Waals surface area contributed by atoms with E-state index in [1.165, 1.54) is 30.6 Å². The second kappa shape index (κ2) is 8.88. The van der Waals surface area contributed by atoms with Gasteiger partial charge in [0.25, 0.3) is 5.91 Å². The molecule has 30 heavy (non-hydrogen) atoms. The van der Waals surface area contributed by atoms with Crippen molar-refractivity contribution >= 4 is 39.2 Å². The molecule has 0 bridgehead atoms. The minimum atomic E-state index is -0.139. The van der Waals surface area contributed by atoms with Crippen molar-refractivity contribution < 1.29 is 14.3 Å². The number of hydrogen-bond donors (Lipinski definition) is 0. The molecule has 2 aliphatic rings. The van der Waals surface area contributed by atoms with Crippen molar-refractivity contribution in [1.29, 1.82) is 0 Å². The Morgan fingerprint density at radius 1 is 1.07 bits per heavy atom. The number of rotatable bonds is 4. The molecule has 7 nitrogen and oxygen atoms in total. The summed E-state index contributed by atoms with van der Waals surface area (Å²) in [6, 6.07) is 0. The number of piperidine rings is 2. The number of carbonyl (C=O) groups is 2. The van der Waals surface area contributed by atoms with E-state index in [9.17, 15) is 9.59 Å². The number of aryl methyl sites for hydroxylation is 2. The molecule has 162 valence electrons. The van der Waals surface area contributed by atoms with E-state index >= 15 is 0 Å². The average Bonchev–Trinajstić information content (AvgIpc) is 3.09. The summed E-state index contributed by atoms with van der Waals surface area (Å²) in [4.78, 5) is 40.6. The number of aromatic nitrogens is 2. The minimum absolute atomic E-state index is 0.0417. The summed E-state index contributed by atoms with van der Waals surface area (Å²) in [5.74, 6) is 1.53. The molecular formula is C22H30N4O3S. The van der Waals surface area contributed by atoms with Gasteiger partial charge in [-0.25, -0.2) is 9.97 Å². The van der Waals surface area contributed by atoms with E-state index in [-0.39, 0.29) is 17.8 Å². The molecule has 0 saturated carbocycles. The summed E-state index contributed by atoms with van der Waals surface area (Å²) < 4.78 is 5.14. The number of carbonyl (C=O) groups excluding carboxylic acids is 2. The van der Waals surface area contributed by atoms with Crippen LogP contribution in [0, 0.1) is 19.8 Å². The van der Waals surface area contributed by atoms with Crippen molar-refractivity contribution in [3.8, 4) is 0 Å². The van der Waals surface area contributed by atoms with Crippen molar-refractivity contribution in [2.75, 3.05) is 37.7 Å². The molecule has 8 heteroatoms. The van der Waals surface area contributed by atoms with E-state index < -0.39 is 0 Å². The number of anilines is 1. The fraction of sp³-hybridized carbons (Fsp3) is 0.636. The maximum Gasteiger partial charge on any atom is 0.309 e. The predicted molar refractivity (Wildman–Crippen MR) is 118 cm³/mol. The van der Waals surface area contributed by atoms with Crippen molar-refractivity contribution in [2.24, 2.45) is 5.92 Å². The van der Waals surface area contributed by atoms with Crippen LogP contribution in [0.1, 0.15) is 60.1 Å². The molecule has 0 radical (unpaired) electrons. The topological polar surface area (TPSA) is 75.6 Å². The van der Waals surface area contributed by atoms with Crippen LogP contribution in [0.2, 0.25) is 0 Å². The van der Waals surface area contributed by atoms with Crippen LogP contribution in [0.4, 0.5) is 5.82 Å². The number of fused-ring (bicyclic) bond motifs is 1. The third kappa shape index (κ3) is 4.02. The van der Waals surface area contributed by atoms with Crippen LogP contribution >= 0.6 is 11.3 Å². The van der Waals surface area contributed by atoms with Crippen molar-refractivity contribution in [1.82, 2.24) is 14.9 Å². The van der Waals surface area contributed by atoms with Gasteiger partial charge in [-0.15, -0.1) is 11.3 Å². The number of thiophene rings is 1. The molecule has 4 heterocycles. The van der Waals surface area contributed by atoms with Gasteiger partial charge in [0.05, 0.1) is 22.8 Å². The van der Waals surface area contributed by atoms with Gasteiger partial charge < -0.3 is 14.5 Å². The molecule has 2 aliphatic heterocycles. The molecule has 0 aliphatic carbocycles. The quantitative estimate of drug-likeness (QED) is 0.688. The molecule has 0 N–H and O–H groups in total. The van der Waals surface area contributed by atoms with Gasteiger partial charge in [0, 0.05) is 26.2 Å². The molecule has 1 amide bonds. The van der Waals surface area contributed by atoms with Crippen LogP contribution < -0.4 is 4.90 Å². The highest BCUT2D eigenvalue weighted by atomic mass is 32.1. The predicted octanol–water partition coefficient (Wildman–Crippen LogP) is 3.71. The van der Waals surface area contributed by atoms with Gasteiger partial charge in [-0.1, -0.05) is 0 Å². The van der Waals surface area contributed by atoms with Gasteiger partial charge in [-0.2, -0.15) is 0 Å². The number of amides is 1.